The Bertz CT molecular complexity index is 1020. The lowest BCUT2D eigenvalue weighted by Crippen LogP contribution is -2.12. The second-order valence-corrected chi connectivity index (χ2v) is 5.85. The van der Waals surface area contributed by atoms with Gasteiger partial charge >= 0.3 is 5.76 Å². The van der Waals surface area contributed by atoms with Gasteiger partial charge < -0.3 is 19.2 Å². The van der Waals surface area contributed by atoms with Crippen LogP contribution in [-0.2, 0) is 18.3 Å². The molecule has 128 valence electrons. The van der Waals surface area contributed by atoms with Crippen molar-refractivity contribution < 1.29 is 18.7 Å². The molecule has 0 saturated carbocycles. The number of fused-ring (bicyclic) bond motifs is 2. The number of hydrogen-bond acceptors (Lipinski definition) is 5. The number of oxazole rings is 1. The van der Waals surface area contributed by atoms with Crippen LogP contribution < -0.4 is 20.5 Å². The largest absolute Gasteiger partial charge is 0.454 e. The fourth-order valence-corrected chi connectivity index (χ4v) is 2.78. The number of amides is 1. The Morgan fingerprint density at radius 2 is 2.00 bits per heavy atom. The Morgan fingerprint density at radius 1 is 1.16 bits per heavy atom. The minimum atomic E-state index is -0.429. The normalized spacial score (nSPS) is 12.5. The molecule has 0 spiro atoms. The summed E-state index contributed by atoms with van der Waals surface area (Å²) in [4.78, 5) is 23.7. The van der Waals surface area contributed by atoms with E-state index in [4.69, 9.17) is 13.9 Å². The van der Waals surface area contributed by atoms with Crippen LogP contribution in [-0.4, -0.2) is 17.3 Å². The van der Waals surface area contributed by atoms with E-state index in [-0.39, 0.29) is 12.7 Å². The smallest absolute Gasteiger partial charge is 0.419 e. The monoisotopic (exact) mass is 340 g/mol. The number of ether oxygens (including phenoxy) is 2. The van der Waals surface area contributed by atoms with Crippen LogP contribution in [0.4, 0.5) is 5.69 Å². The highest BCUT2D eigenvalue weighted by Crippen LogP contribution is 2.32. The van der Waals surface area contributed by atoms with E-state index < -0.39 is 5.76 Å². The van der Waals surface area contributed by atoms with E-state index in [1.165, 1.54) is 4.57 Å². The molecule has 0 fully saturated rings. The van der Waals surface area contributed by atoms with Gasteiger partial charge in [0.15, 0.2) is 17.1 Å². The Morgan fingerprint density at radius 3 is 2.88 bits per heavy atom. The van der Waals surface area contributed by atoms with Crippen LogP contribution in [0.5, 0.6) is 11.5 Å². The Labute approximate surface area is 142 Å². The van der Waals surface area contributed by atoms with Gasteiger partial charge in [-0.3, -0.25) is 9.36 Å². The number of hydrogen-bond donors (Lipinski definition) is 1. The van der Waals surface area contributed by atoms with Crippen molar-refractivity contribution >= 4 is 22.7 Å². The summed E-state index contributed by atoms with van der Waals surface area (Å²) in [5, 5.41) is 2.84. The van der Waals surface area contributed by atoms with Crippen LogP contribution in [0.1, 0.15) is 12.0 Å². The SMILES string of the molecule is Cn1c(=O)oc2ccc(NC(=O)CCc3ccc4c(c3)OCO4)cc21. The lowest BCUT2D eigenvalue weighted by atomic mass is 10.1. The number of aromatic nitrogens is 1. The van der Waals surface area contributed by atoms with Gasteiger partial charge in [0, 0.05) is 19.2 Å². The lowest BCUT2D eigenvalue weighted by Gasteiger charge is -2.06. The Balaban J connectivity index is 1.42. The first-order valence-corrected chi connectivity index (χ1v) is 7.88. The molecule has 25 heavy (non-hydrogen) atoms. The van der Waals surface area contributed by atoms with Crippen molar-refractivity contribution in [3.63, 3.8) is 0 Å². The molecule has 1 N–H and O–H groups in total. The summed E-state index contributed by atoms with van der Waals surface area (Å²) in [6.07, 6.45) is 0.927. The molecule has 1 aliphatic heterocycles. The van der Waals surface area contributed by atoms with Crippen LogP contribution in [0.15, 0.2) is 45.6 Å². The van der Waals surface area contributed by atoms with Gasteiger partial charge in [-0.25, -0.2) is 4.79 Å². The predicted octanol–water partition coefficient (Wildman–Crippen LogP) is 2.43. The molecule has 2 heterocycles. The predicted molar refractivity (Wildman–Crippen MR) is 91.0 cm³/mol. The third-order valence-corrected chi connectivity index (χ3v) is 4.15. The standard InChI is InChI=1S/C18H16N2O5/c1-20-13-9-12(4-6-14(13)25-18(20)22)19-17(21)7-3-11-2-5-15-16(8-11)24-10-23-15/h2,4-6,8-9H,3,7,10H2,1H3,(H,19,21). The lowest BCUT2D eigenvalue weighted by molar-refractivity contribution is -0.116. The van der Waals surface area contributed by atoms with E-state index in [1.54, 1.807) is 25.2 Å². The van der Waals surface area contributed by atoms with Crippen molar-refractivity contribution in [2.75, 3.05) is 12.1 Å². The number of carbonyl (C=O) groups is 1. The molecule has 1 aromatic heterocycles. The average molecular weight is 340 g/mol. The molecule has 7 nitrogen and oxygen atoms in total. The first kappa shape index (κ1) is 15.3. The van der Waals surface area contributed by atoms with E-state index in [0.29, 0.717) is 35.4 Å². The summed E-state index contributed by atoms with van der Waals surface area (Å²) in [5.74, 6) is 0.906. The topological polar surface area (TPSA) is 82.7 Å². The molecule has 3 aromatic rings. The number of aryl methyl sites for hydroxylation is 2. The molecule has 0 unspecified atom stereocenters. The summed E-state index contributed by atoms with van der Waals surface area (Å²) in [5.41, 5.74) is 2.76. The van der Waals surface area contributed by atoms with Gasteiger partial charge in [-0.1, -0.05) is 6.07 Å². The molecule has 0 saturated heterocycles. The van der Waals surface area contributed by atoms with E-state index in [9.17, 15) is 9.59 Å². The molecule has 0 radical (unpaired) electrons. The highest BCUT2D eigenvalue weighted by molar-refractivity contribution is 5.92. The number of anilines is 1. The summed E-state index contributed by atoms with van der Waals surface area (Å²) in [6.45, 7) is 0.234. The second kappa shape index (κ2) is 6.01. The van der Waals surface area contributed by atoms with Gasteiger partial charge in [-0.15, -0.1) is 0 Å². The number of nitrogens with one attached hydrogen (secondary N) is 1. The zero-order valence-corrected chi connectivity index (χ0v) is 13.6. The highest BCUT2D eigenvalue weighted by Gasteiger charge is 2.14. The van der Waals surface area contributed by atoms with E-state index >= 15 is 0 Å². The first-order chi connectivity index (χ1) is 12.1. The van der Waals surface area contributed by atoms with Crippen molar-refractivity contribution in [1.29, 1.82) is 0 Å². The van der Waals surface area contributed by atoms with Crippen molar-refractivity contribution in [2.45, 2.75) is 12.8 Å². The second-order valence-electron chi connectivity index (χ2n) is 5.85. The van der Waals surface area contributed by atoms with Crippen molar-refractivity contribution in [3.05, 3.63) is 52.5 Å². The molecule has 0 aliphatic carbocycles. The summed E-state index contributed by atoms with van der Waals surface area (Å²) in [7, 11) is 1.62. The molecule has 2 aromatic carbocycles. The fraction of sp³-hybridized carbons (Fsp3) is 0.222. The number of nitrogens with zero attached hydrogens (tertiary/aromatic N) is 1. The maximum absolute atomic E-state index is 12.2. The van der Waals surface area contributed by atoms with E-state index in [2.05, 4.69) is 5.32 Å². The van der Waals surface area contributed by atoms with Crippen molar-refractivity contribution in [3.8, 4) is 11.5 Å². The van der Waals surface area contributed by atoms with Gasteiger partial charge in [0.1, 0.15) is 0 Å². The van der Waals surface area contributed by atoms with Crippen LogP contribution in [0.25, 0.3) is 11.1 Å². The summed E-state index contributed by atoms with van der Waals surface area (Å²) in [6, 6.07) is 10.8. The van der Waals surface area contributed by atoms with Gasteiger partial charge in [-0.2, -0.15) is 0 Å². The van der Waals surface area contributed by atoms with Crippen LogP contribution in [0.3, 0.4) is 0 Å². The summed E-state index contributed by atoms with van der Waals surface area (Å²) >= 11 is 0. The van der Waals surface area contributed by atoms with Gasteiger partial charge in [0.25, 0.3) is 0 Å². The van der Waals surface area contributed by atoms with Gasteiger partial charge in [0.05, 0.1) is 5.52 Å². The van der Waals surface area contributed by atoms with Crippen LogP contribution in [0.2, 0.25) is 0 Å². The van der Waals surface area contributed by atoms with Gasteiger partial charge in [0.2, 0.25) is 12.7 Å². The average Bonchev–Trinajstić information content (AvgIpc) is 3.18. The quantitative estimate of drug-likeness (QED) is 0.789. The molecule has 0 atom stereocenters. The maximum atomic E-state index is 12.2. The molecular formula is C18H16N2O5. The zero-order chi connectivity index (χ0) is 17.4. The third-order valence-electron chi connectivity index (χ3n) is 4.15. The Hall–Kier alpha value is -3.22. The fourth-order valence-electron chi connectivity index (χ4n) is 2.78. The Kier molecular flexibility index (Phi) is 3.68. The summed E-state index contributed by atoms with van der Waals surface area (Å²) < 4.78 is 17.1. The zero-order valence-electron chi connectivity index (χ0n) is 13.6. The van der Waals surface area contributed by atoms with E-state index in [0.717, 1.165) is 11.3 Å². The number of rotatable bonds is 4. The molecular weight excluding hydrogens is 324 g/mol. The number of benzene rings is 2. The molecule has 1 amide bonds. The minimum Gasteiger partial charge on any atom is -0.454 e. The molecule has 7 heteroatoms. The van der Waals surface area contributed by atoms with Crippen molar-refractivity contribution in [2.24, 2.45) is 7.05 Å². The van der Waals surface area contributed by atoms with Crippen LogP contribution in [0, 0.1) is 0 Å². The van der Waals surface area contributed by atoms with Crippen LogP contribution >= 0.6 is 0 Å². The number of carbonyl (C=O) groups excluding carboxylic acids is 1. The molecule has 4 rings (SSSR count). The first-order valence-electron chi connectivity index (χ1n) is 7.88. The maximum Gasteiger partial charge on any atom is 0.419 e. The van der Waals surface area contributed by atoms with Gasteiger partial charge in [-0.05, 0) is 42.3 Å². The van der Waals surface area contributed by atoms with E-state index in [1.807, 2.05) is 18.2 Å². The molecule has 0 bridgehead atoms. The van der Waals surface area contributed by atoms with Crippen molar-refractivity contribution in [1.82, 2.24) is 4.57 Å². The third kappa shape index (κ3) is 2.96. The molecule has 1 aliphatic rings. The highest BCUT2D eigenvalue weighted by atomic mass is 16.7. The minimum absolute atomic E-state index is 0.106.